The molecule has 3 rings (SSSR count). The number of nitro groups is 1. The Morgan fingerprint density at radius 2 is 1.78 bits per heavy atom. The summed E-state index contributed by atoms with van der Waals surface area (Å²) in [6.07, 6.45) is 1.49. The summed E-state index contributed by atoms with van der Waals surface area (Å²) in [6.45, 7) is 0. The summed E-state index contributed by atoms with van der Waals surface area (Å²) >= 11 is 6.28. The molecule has 0 aromatic heterocycles. The molecule has 0 bridgehead atoms. The Morgan fingerprint density at radius 3 is 2.34 bits per heavy atom. The van der Waals surface area contributed by atoms with Gasteiger partial charge in [-0.25, -0.2) is 0 Å². The molecule has 10 heteroatoms. The second-order valence-corrected chi connectivity index (χ2v) is 8.31. The van der Waals surface area contributed by atoms with Crippen molar-refractivity contribution in [3.8, 4) is 17.6 Å². The molecule has 0 radical (unpaired) electrons. The third-order valence-corrected chi connectivity index (χ3v) is 5.81. The van der Waals surface area contributed by atoms with Crippen molar-refractivity contribution in [1.82, 2.24) is 0 Å². The van der Waals surface area contributed by atoms with Gasteiger partial charge in [-0.3, -0.25) is 10.1 Å². The maximum atomic E-state index is 12.6. The summed E-state index contributed by atoms with van der Waals surface area (Å²) in [5.41, 5.74) is 1.01. The Bertz CT molecular complexity index is 1330. The second-order valence-electron chi connectivity index (χ2n) is 6.36. The molecule has 0 atom stereocenters. The molecule has 3 aromatic carbocycles. The first kappa shape index (κ1) is 22.8. The van der Waals surface area contributed by atoms with Crippen LogP contribution in [0.3, 0.4) is 0 Å². The molecule has 8 nitrogen and oxygen atoms in total. The number of methoxy groups -OCH3 is 1. The van der Waals surface area contributed by atoms with Gasteiger partial charge < -0.3 is 8.92 Å². The predicted octanol–water partition coefficient (Wildman–Crippen LogP) is 5.09. The van der Waals surface area contributed by atoms with E-state index in [4.69, 9.17) is 20.5 Å². The summed E-state index contributed by atoms with van der Waals surface area (Å²) in [6, 6.07) is 18.0. The molecule has 0 unspecified atom stereocenters. The Balaban J connectivity index is 1.98. The van der Waals surface area contributed by atoms with E-state index in [1.807, 2.05) is 6.07 Å². The van der Waals surface area contributed by atoms with Crippen LogP contribution in [0.25, 0.3) is 11.6 Å². The normalized spacial score (nSPS) is 11.5. The van der Waals surface area contributed by atoms with Gasteiger partial charge in [-0.2, -0.15) is 13.7 Å². The van der Waals surface area contributed by atoms with E-state index in [1.165, 1.54) is 61.7 Å². The topological polar surface area (TPSA) is 120 Å². The molecule has 0 amide bonds. The summed E-state index contributed by atoms with van der Waals surface area (Å²) in [5.74, 6) is -0.145. The highest BCUT2D eigenvalue weighted by Gasteiger charge is 2.22. The SMILES string of the molecule is COc1cc(/C=C(\C#N)c2ccc([N+](=O)[O-])cc2)cc(Cl)c1OS(=O)(=O)c1ccccc1. The minimum atomic E-state index is -4.15. The summed E-state index contributed by atoms with van der Waals surface area (Å²) in [7, 11) is -2.83. The van der Waals surface area contributed by atoms with Crippen molar-refractivity contribution in [2.75, 3.05) is 7.11 Å². The average Bonchev–Trinajstić information content (AvgIpc) is 2.79. The largest absolute Gasteiger partial charge is 0.493 e. The minimum Gasteiger partial charge on any atom is -0.493 e. The maximum absolute atomic E-state index is 12.6. The van der Waals surface area contributed by atoms with Crippen LogP contribution in [-0.2, 0) is 10.1 Å². The van der Waals surface area contributed by atoms with Crippen LogP contribution < -0.4 is 8.92 Å². The Labute approximate surface area is 189 Å². The van der Waals surface area contributed by atoms with Gasteiger partial charge in [0.25, 0.3) is 5.69 Å². The van der Waals surface area contributed by atoms with Gasteiger partial charge in [0.05, 0.1) is 28.7 Å². The van der Waals surface area contributed by atoms with E-state index >= 15 is 0 Å². The zero-order chi connectivity index (χ0) is 23.3. The number of nitrogens with zero attached hydrogens (tertiary/aromatic N) is 2. The van der Waals surface area contributed by atoms with Crippen molar-refractivity contribution in [2.45, 2.75) is 4.90 Å². The third kappa shape index (κ3) is 5.06. The van der Waals surface area contributed by atoms with E-state index in [9.17, 15) is 23.8 Å². The van der Waals surface area contributed by atoms with Gasteiger partial charge in [-0.15, -0.1) is 0 Å². The van der Waals surface area contributed by atoms with Crippen molar-refractivity contribution < 1.29 is 22.3 Å². The van der Waals surface area contributed by atoms with Gasteiger partial charge in [-0.1, -0.05) is 29.8 Å². The number of non-ortho nitro benzene ring substituents is 1. The predicted molar refractivity (Wildman–Crippen MR) is 119 cm³/mol. The molecule has 0 N–H and O–H groups in total. The fraction of sp³-hybridized carbons (Fsp3) is 0.0455. The highest BCUT2D eigenvalue weighted by atomic mass is 35.5. The molecule has 0 heterocycles. The lowest BCUT2D eigenvalue weighted by Gasteiger charge is -2.13. The first-order valence-electron chi connectivity index (χ1n) is 8.99. The molecule has 32 heavy (non-hydrogen) atoms. The molecule has 0 saturated heterocycles. The quantitative estimate of drug-likeness (QED) is 0.155. The molecule has 0 aliphatic rings. The second kappa shape index (κ2) is 9.51. The van der Waals surface area contributed by atoms with Gasteiger partial charge in [0.2, 0.25) is 5.75 Å². The number of hydrogen-bond acceptors (Lipinski definition) is 7. The Kier molecular flexibility index (Phi) is 6.78. The fourth-order valence-electron chi connectivity index (χ4n) is 2.76. The molecule has 0 aliphatic heterocycles. The van der Waals surface area contributed by atoms with E-state index in [0.717, 1.165) is 0 Å². The van der Waals surface area contributed by atoms with E-state index in [0.29, 0.717) is 11.1 Å². The summed E-state index contributed by atoms with van der Waals surface area (Å²) in [4.78, 5) is 10.2. The molecule has 3 aromatic rings. The molecule has 0 fully saturated rings. The third-order valence-electron chi connectivity index (χ3n) is 4.30. The molecule has 0 spiro atoms. The smallest absolute Gasteiger partial charge is 0.339 e. The van der Waals surface area contributed by atoms with Crippen LogP contribution >= 0.6 is 11.6 Å². The van der Waals surface area contributed by atoms with Crippen LogP contribution in [0.1, 0.15) is 11.1 Å². The van der Waals surface area contributed by atoms with Crippen LogP contribution in [0.5, 0.6) is 11.5 Å². The number of rotatable bonds is 7. The number of halogens is 1. The molecule has 0 saturated carbocycles. The number of hydrogen-bond donors (Lipinski definition) is 0. The van der Waals surface area contributed by atoms with Gasteiger partial charge in [0, 0.05) is 12.1 Å². The van der Waals surface area contributed by atoms with E-state index in [2.05, 4.69) is 0 Å². The average molecular weight is 471 g/mol. The van der Waals surface area contributed by atoms with Gasteiger partial charge in [0.15, 0.2) is 5.75 Å². The van der Waals surface area contributed by atoms with Crippen LogP contribution in [0.2, 0.25) is 5.02 Å². The molecular formula is C22H15ClN2O6S. The van der Waals surface area contributed by atoms with Crippen molar-refractivity contribution >= 4 is 39.1 Å². The number of benzene rings is 3. The highest BCUT2D eigenvalue weighted by molar-refractivity contribution is 7.87. The monoisotopic (exact) mass is 470 g/mol. The summed E-state index contributed by atoms with van der Waals surface area (Å²) < 4.78 is 35.6. The Morgan fingerprint density at radius 1 is 1.12 bits per heavy atom. The van der Waals surface area contributed by atoms with Crippen LogP contribution in [-0.4, -0.2) is 20.5 Å². The van der Waals surface area contributed by atoms with E-state index in [-0.39, 0.29) is 32.7 Å². The van der Waals surface area contributed by atoms with Crippen molar-refractivity contribution in [2.24, 2.45) is 0 Å². The molecular weight excluding hydrogens is 456 g/mol. The lowest BCUT2D eigenvalue weighted by molar-refractivity contribution is -0.384. The molecule has 162 valence electrons. The minimum absolute atomic E-state index is 0.0453. The van der Waals surface area contributed by atoms with E-state index < -0.39 is 15.0 Å². The molecule has 0 aliphatic carbocycles. The van der Waals surface area contributed by atoms with Gasteiger partial charge in [0.1, 0.15) is 4.90 Å². The Hall–Kier alpha value is -3.87. The number of nitro benzene ring substituents is 1. The number of ether oxygens (including phenoxy) is 1. The van der Waals surface area contributed by atoms with Gasteiger partial charge >= 0.3 is 10.1 Å². The highest BCUT2D eigenvalue weighted by Crippen LogP contribution is 2.39. The van der Waals surface area contributed by atoms with Gasteiger partial charge in [-0.05, 0) is 53.6 Å². The standard InChI is InChI=1S/C22H15ClN2O6S/c1-30-21-13-15(11-17(14-24)16-7-9-18(10-8-16)25(26)27)12-20(23)22(21)31-32(28,29)19-5-3-2-4-6-19/h2-13H,1H3/b17-11+. The number of nitriles is 1. The number of allylic oxidation sites excluding steroid dienone is 1. The van der Waals surface area contributed by atoms with Crippen molar-refractivity contribution in [1.29, 1.82) is 5.26 Å². The first-order chi connectivity index (χ1) is 15.2. The summed E-state index contributed by atoms with van der Waals surface area (Å²) in [5, 5.41) is 20.3. The van der Waals surface area contributed by atoms with Crippen LogP contribution in [0.4, 0.5) is 5.69 Å². The van der Waals surface area contributed by atoms with Crippen LogP contribution in [0, 0.1) is 21.4 Å². The van der Waals surface area contributed by atoms with Crippen molar-refractivity contribution in [3.05, 3.63) is 93.0 Å². The lowest BCUT2D eigenvalue weighted by Crippen LogP contribution is -2.10. The van der Waals surface area contributed by atoms with Crippen LogP contribution in [0.15, 0.2) is 71.6 Å². The zero-order valence-corrected chi connectivity index (χ0v) is 18.1. The maximum Gasteiger partial charge on any atom is 0.339 e. The van der Waals surface area contributed by atoms with E-state index in [1.54, 1.807) is 18.2 Å². The van der Waals surface area contributed by atoms with Crippen molar-refractivity contribution in [3.63, 3.8) is 0 Å². The zero-order valence-electron chi connectivity index (χ0n) is 16.6. The lowest BCUT2D eigenvalue weighted by atomic mass is 10.0. The fourth-order valence-corrected chi connectivity index (χ4v) is 4.04. The first-order valence-corrected chi connectivity index (χ1v) is 10.8.